The summed E-state index contributed by atoms with van der Waals surface area (Å²) in [7, 11) is 0. The first-order chi connectivity index (χ1) is 8.40. The molecular formula is C13H24N4. The van der Waals surface area contributed by atoms with E-state index in [0.29, 0.717) is 6.04 Å². The first kappa shape index (κ1) is 12.6. The number of aryl methyl sites for hydroxylation is 1. The maximum Gasteiger partial charge on any atom is 0.146 e. The fourth-order valence-electron chi connectivity index (χ4n) is 2.58. The minimum absolute atomic E-state index is 0.678. The standard InChI is InChI=1S/C13H24N4/c1-2-17-11-15-16-13(17)10-14-12-8-6-4-3-5-7-9-12/h11-12,14H,2-10H2,1H3. The second-order valence-electron chi connectivity index (χ2n) is 4.96. The van der Waals surface area contributed by atoms with Crippen molar-refractivity contribution in [2.24, 2.45) is 0 Å². The maximum absolute atomic E-state index is 4.16. The van der Waals surface area contributed by atoms with E-state index in [2.05, 4.69) is 27.0 Å². The third-order valence-electron chi connectivity index (χ3n) is 3.69. The zero-order valence-electron chi connectivity index (χ0n) is 10.9. The average molecular weight is 236 g/mol. The molecule has 2 rings (SSSR count). The van der Waals surface area contributed by atoms with Gasteiger partial charge in [0.05, 0.1) is 6.54 Å². The van der Waals surface area contributed by atoms with Crippen LogP contribution in [0.4, 0.5) is 0 Å². The van der Waals surface area contributed by atoms with Gasteiger partial charge in [0.25, 0.3) is 0 Å². The molecule has 0 atom stereocenters. The van der Waals surface area contributed by atoms with Gasteiger partial charge < -0.3 is 9.88 Å². The molecule has 17 heavy (non-hydrogen) atoms. The average Bonchev–Trinajstić information content (AvgIpc) is 2.75. The van der Waals surface area contributed by atoms with Gasteiger partial charge in [0, 0.05) is 12.6 Å². The Morgan fingerprint density at radius 3 is 2.65 bits per heavy atom. The lowest BCUT2D eigenvalue weighted by Crippen LogP contribution is -2.30. The number of aromatic nitrogens is 3. The Bertz CT molecular complexity index is 313. The molecule has 0 aromatic carbocycles. The van der Waals surface area contributed by atoms with Crippen LogP contribution in [0.25, 0.3) is 0 Å². The zero-order chi connectivity index (χ0) is 11.9. The molecule has 1 N–H and O–H groups in total. The first-order valence-electron chi connectivity index (χ1n) is 7.00. The van der Waals surface area contributed by atoms with E-state index in [-0.39, 0.29) is 0 Å². The van der Waals surface area contributed by atoms with Gasteiger partial charge in [-0.1, -0.05) is 32.1 Å². The molecule has 1 aromatic rings. The van der Waals surface area contributed by atoms with E-state index in [1.807, 2.05) is 6.33 Å². The largest absolute Gasteiger partial charge is 0.317 e. The summed E-state index contributed by atoms with van der Waals surface area (Å²) in [6.45, 7) is 3.94. The number of rotatable bonds is 4. The topological polar surface area (TPSA) is 42.7 Å². The molecule has 1 heterocycles. The van der Waals surface area contributed by atoms with Crippen LogP contribution >= 0.6 is 0 Å². The Labute approximate surface area is 104 Å². The molecule has 4 nitrogen and oxygen atoms in total. The summed E-state index contributed by atoms with van der Waals surface area (Å²) in [6.07, 6.45) is 11.4. The lowest BCUT2D eigenvalue weighted by atomic mass is 9.97. The van der Waals surface area contributed by atoms with Gasteiger partial charge in [0.15, 0.2) is 0 Å². The summed E-state index contributed by atoms with van der Waals surface area (Å²) in [4.78, 5) is 0. The molecule has 4 heteroatoms. The van der Waals surface area contributed by atoms with Crippen molar-refractivity contribution in [1.29, 1.82) is 0 Å². The van der Waals surface area contributed by atoms with Crippen LogP contribution in [0, 0.1) is 0 Å². The molecule has 0 bridgehead atoms. The Balaban J connectivity index is 1.79. The summed E-state index contributed by atoms with van der Waals surface area (Å²) in [5, 5.41) is 11.8. The summed E-state index contributed by atoms with van der Waals surface area (Å²) in [5.74, 6) is 1.06. The highest BCUT2D eigenvalue weighted by atomic mass is 15.3. The predicted molar refractivity (Wildman–Crippen MR) is 68.6 cm³/mol. The summed E-state index contributed by atoms with van der Waals surface area (Å²) < 4.78 is 2.11. The van der Waals surface area contributed by atoms with E-state index in [1.165, 1.54) is 44.9 Å². The fraction of sp³-hybridized carbons (Fsp3) is 0.846. The number of hydrogen-bond donors (Lipinski definition) is 1. The third-order valence-corrected chi connectivity index (χ3v) is 3.69. The van der Waals surface area contributed by atoms with Crippen molar-refractivity contribution in [1.82, 2.24) is 20.1 Å². The maximum atomic E-state index is 4.16. The van der Waals surface area contributed by atoms with E-state index in [1.54, 1.807) is 0 Å². The molecule has 96 valence electrons. The third kappa shape index (κ3) is 3.80. The Hall–Kier alpha value is -0.900. The van der Waals surface area contributed by atoms with Gasteiger partial charge in [0.1, 0.15) is 12.2 Å². The predicted octanol–water partition coefficient (Wildman–Crippen LogP) is 2.50. The second kappa shape index (κ2) is 6.74. The zero-order valence-corrected chi connectivity index (χ0v) is 10.9. The van der Waals surface area contributed by atoms with Crippen LogP contribution in [0.5, 0.6) is 0 Å². The summed E-state index contributed by atoms with van der Waals surface area (Å²) >= 11 is 0. The monoisotopic (exact) mass is 236 g/mol. The quantitative estimate of drug-likeness (QED) is 0.873. The smallest absolute Gasteiger partial charge is 0.146 e. The molecule has 0 amide bonds. The highest BCUT2D eigenvalue weighted by Gasteiger charge is 2.12. The molecule has 1 saturated carbocycles. The van der Waals surface area contributed by atoms with Crippen LogP contribution in [0.2, 0.25) is 0 Å². The molecule has 0 aliphatic heterocycles. The molecule has 1 aliphatic carbocycles. The lowest BCUT2D eigenvalue weighted by Gasteiger charge is -2.20. The number of nitrogens with zero attached hydrogens (tertiary/aromatic N) is 3. The normalized spacial score (nSPS) is 18.9. The lowest BCUT2D eigenvalue weighted by molar-refractivity contribution is 0.383. The van der Waals surface area contributed by atoms with Crippen molar-refractivity contribution in [2.45, 2.75) is 71.0 Å². The van der Waals surface area contributed by atoms with Gasteiger partial charge in [-0.05, 0) is 19.8 Å². The molecule has 1 aliphatic rings. The molecule has 0 radical (unpaired) electrons. The van der Waals surface area contributed by atoms with Crippen molar-refractivity contribution in [3.05, 3.63) is 12.2 Å². The van der Waals surface area contributed by atoms with Gasteiger partial charge in [-0.2, -0.15) is 0 Å². The Morgan fingerprint density at radius 1 is 1.24 bits per heavy atom. The Kier molecular flexibility index (Phi) is 4.98. The molecule has 0 spiro atoms. The first-order valence-corrected chi connectivity index (χ1v) is 7.00. The van der Waals surface area contributed by atoms with Gasteiger partial charge in [0.2, 0.25) is 0 Å². The van der Waals surface area contributed by atoms with Crippen LogP contribution in [0.15, 0.2) is 6.33 Å². The van der Waals surface area contributed by atoms with E-state index in [9.17, 15) is 0 Å². The minimum atomic E-state index is 0.678. The second-order valence-corrected chi connectivity index (χ2v) is 4.96. The van der Waals surface area contributed by atoms with Gasteiger partial charge in [-0.25, -0.2) is 0 Å². The van der Waals surface area contributed by atoms with Crippen LogP contribution in [0.1, 0.15) is 57.7 Å². The van der Waals surface area contributed by atoms with Gasteiger partial charge >= 0.3 is 0 Å². The van der Waals surface area contributed by atoms with Crippen LogP contribution in [-0.2, 0) is 13.1 Å². The Morgan fingerprint density at radius 2 is 1.94 bits per heavy atom. The molecule has 1 aromatic heterocycles. The van der Waals surface area contributed by atoms with E-state index in [4.69, 9.17) is 0 Å². The molecule has 0 unspecified atom stereocenters. The van der Waals surface area contributed by atoms with E-state index < -0.39 is 0 Å². The SMILES string of the molecule is CCn1cnnc1CNC1CCCCCCC1. The highest BCUT2D eigenvalue weighted by molar-refractivity contribution is 4.86. The van der Waals surface area contributed by atoms with E-state index >= 15 is 0 Å². The van der Waals surface area contributed by atoms with E-state index in [0.717, 1.165) is 18.9 Å². The minimum Gasteiger partial charge on any atom is -0.317 e. The van der Waals surface area contributed by atoms with Crippen LogP contribution in [-0.4, -0.2) is 20.8 Å². The highest BCUT2D eigenvalue weighted by Crippen LogP contribution is 2.17. The summed E-state index contributed by atoms with van der Waals surface area (Å²) in [6, 6.07) is 0.678. The molecule has 0 saturated heterocycles. The summed E-state index contributed by atoms with van der Waals surface area (Å²) in [5.41, 5.74) is 0. The van der Waals surface area contributed by atoms with Crippen molar-refractivity contribution in [3.8, 4) is 0 Å². The van der Waals surface area contributed by atoms with Crippen LogP contribution < -0.4 is 5.32 Å². The number of nitrogens with one attached hydrogen (secondary N) is 1. The van der Waals surface area contributed by atoms with Crippen molar-refractivity contribution >= 4 is 0 Å². The number of hydrogen-bond acceptors (Lipinski definition) is 3. The van der Waals surface area contributed by atoms with Crippen molar-refractivity contribution < 1.29 is 0 Å². The van der Waals surface area contributed by atoms with Crippen LogP contribution in [0.3, 0.4) is 0 Å². The van der Waals surface area contributed by atoms with Gasteiger partial charge in [-0.15, -0.1) is 10.2 Å². The van der Waals surface area contributed by atoms with Crippen molar-refractivity contribution in [2.75, 3.05) is 0 Å². The van der Waals surface area contributed by atoms with Crippen molar-refractivity contribution in [3.63, 3.8) is 0 Å². The van der Waals surface area contributed by atoms with Gasteiger partial charge in [-0.3, -0.25) is 0 Å². The molecular weight excluding hydrogens is 212 g/mol. The fourth-order valence-corrected chi connectivity index (χ4v) is 2.58. The molecule has 1 fully saturated rings.